The van der Waals surface area contributed by atoms with Gasteiger partial charge in [0.1, 0.15) is 5.69 Å². The van der Waals surface area contributed by atoms with Gasteiger partial charge in [0.05, 0.1) is 4.92 Å². The molecule has 3 atom stereocenters. The van der Waals surface area contributed by atoms with E-state index >= 15 is 0 Å². The van der Waals surface area contributed by atoms with Gasteiger partial charge in [0.2, 0.25) is 5.82 Å². The summed E-state index contributed by atoms with van der Waals surface area (Å²) in [5.41, 5.74) is 6.84. The second-order valence-electron chi connectivity index (χ2n) is 6.06. The highest BCUT2D eigenvalue weighted by Crippen LogP contribution is 2.40. The number of aromatic nitrogens is 2. The fraction of sp³-hybridized carbons (Fsp3) is 0.769. The average Bonchev–Trinajstić information content (AvgIpc) is 2.90. The van der Waals surface area contributed by atoms with Crippen LogP contribution >= 0.6 is 0 Å². The summed E-state index contributed by atoms with van der Waals surface area (Å²) in [6.45, 7) is 3.36. The Balaban J connectivity index is 1.93. The first-order valence-corrected chi connectivity index (χ1v) is 7.17. The molecule has 3 unspecified atom stereocenters. The molecule has 2 heterocycles. The van der Waals surface area contributed by atoms with E-state index in [0.29, 0.717) is 23.3 Å². The summed E-state index contributed by atoms with van der Waals surface area (Å²) >= 11 is 0. The Bertz CT molecular complexity index is 541. The Morgan fingerprint density at radius 3 is 2.80 bits per heavy atom. The molecule has 3 rings (SSSR count). The first-order chi connectivity index (χ1) is 9.49. The Morgan fingerprint density at radius 2 is 2.15 bits per heavy atom. The summed E-state index contributed by atoms with van der Waals surface area (Å²) in [6, 6.07) is 0.229. The van der Waals surface area contributed by atoms with Crippen LogP contribution in [-0.4, -0.2) is 33.8 Å². The van der Waals surface area contributed by atoms with Gasteiger partial charge < -0.3 is 10.6 Å². The molecule has 7 heteroatoms. The van der Waals surface area contributed by atoms with E-state index in [2.05, 4.69) is 10.00 Å². The van der Waals surface area contributed by atoms with Crippen molar-refractivity contribution in [1.29, 1.82) is 0 Å². The van der Waals surface area contributed by atoms with Crippen LogP contribution < -0.4 is 10.6 Å². The molecule has 1 saturated heterocycles. The van der Waals surface area contributed by atoms with Crippen molar-refractivity contribution >= 4 is 11.5 Å². The molecule has 0 radical (unpaired) electrons. The minimum Gasteiger partial charge on any atom is -0.350 e. The zero-order valence-electron chi connectivity index (χ0n) is 12.0. The predicted octanol–water partition coefficient (Wildman–Crippen LogP) is 1.20. The quantitative estimate of drug-likeness (QED) is 0.649. The molecule has 1 aliphatic carbocycles. The molecule has 0 aromatic carbocycles. The standard InChI is InChI=1S/C13H21N5O2/c1-8-12(18(19)20)13(16(2)15-8)17-6-9-4-3-5-11(14)10(9)7-17/h9-11H,3-7,14H2,1-2H3. The average molecular weight is 279 g/mol. The first kappa shape index (κ1) is 13.4. The van der Waals surface area contributed by atoms with E-state index in [9.17, 15) is 10.1 Å². The highest BCUT2D eigenvalue weighted by Gasteiger charge is 2.42. The lowest BCUT2D eigenvalue weighted by Gasteiger charge is -2.29. The van der Waals surface area contributed by atoms with Crippen LogP contribution in [0.5, 0.6) is 0 Å². The van der Waals surface area contributed by atoms with Gasteiger partial charge in [-0.25, -0.2) is 4.68 Å². The summed E-state index contributed by atoms with van der Waals surface area (Å²) in [4.78, 5) is 13.1. The van der Waals surface area contributed by atoms with E-state index in [1.54, 1.807) is 18.7 Å². The maximum Gasteiger partial charge on any atom is 0.333 e. The van der Waals surface area contributed by atoms with Gasteiger partial charge >= 0.3 is 5.69 Å². The van der Waals surface area contributed by atoms with E-state index in [4.69, 9.17) is 5.73 Å². The molecule has 2 fully saturated rings. The van der Waals surface area contributed by atoms with Crippen molar-refractivity contribution in [3.8, 4) is 0 Å². The number of nitrogens with two attached hydrogens (primary N) is 1. The number of nitrogens with zero attached hydrogens (tertiary/aromatic N) is 4. The van der Waals surface area contributed by atoms with Crippen LogP contribution in [0.4, 0.5) is 11.5 Å². The third-order valence-electron chi connectivity index (χ3n) is 4.80. The largest absolute Gasteiger partial charge is 0.350 e. The smallest absolute Gasteiger partial charge is 0.333 e. The Morgan fingerprint density at radius 1 is 1.40 bits per heavy atom. The Labute approximate surface area is 117 Å². The van der Waals surface area contributed by atoms with Crippen LogP contribution in [0.3, 0.4) is 0 Å². The maximum atomic E-state index is 11.3. The molecule has 20 heavy (non-hydrogen) atoms. The van der Waals surface area contributed by atoms with Gasteiger partial charge in [0, 0.05) is 26.2 Å². The number of nitro groups is 1. The van der Waals surface area contributed by atoms with Crippen molar-refractivity contribution in [2.24, 2.45) is 24.6 Å². The van der Waals surface area contributed by atoms with Crippen molar-refractivity contribution in [2.45, 2.75) is 32.2 Å². The third kappa shape index (κ3) is 1.96. The molecule has 110 valence electrons. The SMILES string of the molecule is Cc1nn(C)c(N2CC3CCCC(N)C3C2)c1[N+](=O)[O-]. The highest BCUT2D eigenvalue weighted by atomic mass is 16.6. The molecule has 0 spiro atoms. The zero-order valence-corrected chi connectivity index (χ0v) is 12.0. The molecule has 2 N–H and O–H groups in total. The molecule has 7 nitrogen and oxygen atoms in total. The fourth-order valence-electron chi connectivity index (χ4n) is 3.89. The predicted molar refractivity (Wildman–Crippen MR) is 75.6 cm³/mol. The van der Waals surface area contributed by atoms with Gasteiger partial charge in [0.15, 0.2) is 0 Å². The highest BCUT2D eigenvalue weighted by molar-refractivity contribution is 5.62. The number of rotatable bonds is 2. The van der Waals surface area contributed by atoms with E-state index in [1.165, 1.54) is 12.8 Å². The molecule has 1 aliphatic heterocycles. The van der Waals surface area contributed by atoms with Crippen molar-refractivity contribution in [1.82, 2.24) is 9.78 Å². The van der Waals surface area contributed by atoms with E-state index in [1.807, 2.05) is 0 Å². The number of hydrogen-bond donors (Lipinski definition) is 1. The van der Waals surface area contributed by atoms with E-state index < -0.39 is 0 Å². The topological polar surface area (TPSA) is 90.2 Å². The van der Waals surface area contributed by atoms with E-state index in [-0.39, 0.29) is 16.7 Å². The Kier molecular flexibility index (Phi) is 3.16. The monoisotopic (exact) mass is 279 g/mol. The van der Waals surface area contributed by atoms with Gasteiger partial charge in [-0.05, 0) is 31.6 Å². The summed E-state index contributed by atoms with van der Waals surface area (Å²) in [7, 11) is 1.78. The van der Waals surface area contributed by atoms with Gasteiger partial charge in [-0.3, -0.25) is 10.1 Å². The minimum atomic E-state index is -0.320. The molecule has 0 amide bonds. The lowest BCUT2D eigenvalue weighted by Crippen LogP contribution is -2.38. The van der Waals surface area contributed by atoms with Crippen molar-refractivity contribution in [3.05, 3.63) is 15.8 Å². The molecule has 0 bridgehead atoms. The number of anilines is 1. The molecular weight excluding hydrogens is 258 g/mol. The number of fused-ring (bicyclic) bond motifs is 1. The van der Waals surface area contributed by atoms with Crippen LogP contribution in [0.15, 0.2) is 0 Å². The number of hydrogen-bond acceptors (Lipinski definition) is 5. The summed E-state index contributed by atoms with van der Waals surface area (Å²) in [5, 5.41) is 15.5. The summed E-state index contributed by atoms with van der Waals surface area (Å²) in [6.07, 6.45) is 3.42. The van der Waals surface area contributed by atoms with E-state index in [0.717, 1.165) is 19.5 Å². The lowest BCUT2D eigenvalue weighted by atomic mass is 9.78. The van der Waals surface area contributed by atoms with Crippen LogP contribution in [-0.2, 0) is 7.05 Å². The fourth-order valence-corrected chi connectivity index (χ4v) is 3.89. The van der Waals surface area contributed by atoms with Gasteiger partial charge in [0.25, 0.3) is 0 Å². The van der Waals surface area contributed by atoms with Crippen LogP contribution in [0, 0.1) is 28.9 Å². The Hall–Kier alpha value is -1.63. The summed E-state index contributed by atoms with van der Waals surface area (Å²) < 4.78 is 1.64. The van der Waals surface area contributed by atoms with Crippen LogP contribution in [0.2, 0.25) is 0 Å². The summed E-state index contributed by atoms with van der Waals surface area (Å²) in [5.74, 6) is 1.65. The normalized spacial score (nSPS) is 29.6. The first-order valence-electron chi connectivity index (χ1n) is 7.17. The molecule has 2 aliphatic rings. The maximum absolute atomic E-state index is 11.3. The molecular formula is C13H21N5O2. The third-order valence-corrected chi connectivity index (χ3v) is 4.80. The van der Waals surface area contributed by atoms with Crippen LogP contribution in [0.1, 0.15) is 25.0 Å². The minimum absolute atomic E-state index is 0.139. The van der Waals surface area contributed by atoms with Crippen molar-refractivity contribution in [2.75, 3.05) is 18.0 Å². The van der Waals surface area contributed by atoms with Gasteiger partial charge in [-0.1, -0.05) is 6.42 Å². The molecule has 1 aromatic heterocycles. The lowest BCUT2D eigenvalue weighted by molar-refractivity contribution is -0.384. The van der Waals surface area contributed by atoms with Gasteiger partial charge in [-0.15, -0.1) is 0 Å². The van der Waals surface area contributed by atoms with Gasteiger partial charge in [-0.2, -0.15) is 5.10 Å². The van der Waals surface area contributed by atoms with Crippen LogP contribution in [0.25, 0.3) is 0 Å². The number of aryl methyl sites for hydroxylation is 2. The molecule has 1 saturated carbocycles. The van der Waals surface area contributed by atoms with Crippen molar-refractivity contribution in [3.63, 3.8) is 0 Å². The second kappa shape index (κ2) is 4.73. The molecule has 1 aromatic rings. The van der Waals surface area contributed by atoms with Crippen molar-refractivity contribution < 1.29 is 4.92 Å². The zero-order chi connectivity index (χ0) is 14.4. The second-order valence-corrected chi connectivity index (χ2v) is 6.06.